The lowest BCUT2D eigenvalue weighted by Gasteiger charge is -2.06. The van der Waals surface area contributed by atoms with Gasteiger partial charge in [-0.1, -0.05) is 25.5 Å². The monoisotopic (exact) mass is 283 g/mol. The molecule has 0 spiro atoms. The maximum atomic E-state index is 5.66. The van der Waals surface area contributed by atoms with Gasteiger partial charge in [0.15, 0.2) is 0 Å². The van der Waals surface area contributed by atoms with Crippen LogP contribution in [-0.2, 0) is 13.0 Å². The van der Waals surface area contributed by atoms with E-state index in [9.17, 15) is 0 Å². The highest BCUT2D eigenvalue weighted by Gasteiger charge is 2.19. The first-order valence-electron chi connectivity index (χ1n) is 7.64. The van der Waals surface area contributed by atoms with Gasteiger partial charge in [0.05, 0.1) is 0 Å². The molecular weight excluding hydrogens is 262 g/mol. The van der Waals surface area contributed by atoms with Crippen LogP contribution in [0.4, 0.5) is 0 Å². The van der Waals surface area contributed by atoms with Crippen molar-refractivity contribution in [3.63, 3.8) is 0 Å². The van der Waals surface area contributed by atoms with E-state index in [1.165, 1.54) is 18.4 Å². The van der Waals surface area contributed by atoms with Crippen molar-refractivity contribution in [3.8, 4) is 11.8 Å². The Hall–Kier alpha value is -1.94. The van der Waals surface area contributed by atoms with Crippen LogP contribution < -0.4 is 10.1 Å². The van der Waals surface area contributed by atoms with E-state index >= 15 is 0 Å². The van der Waals surface area contributed by atoms with Crippen molar-refractivity contribution in [2.75, 3.05) is 0 Å². The molecule has 0 unspecified atom stereocenters. The molecule has 0 saturated heterocycles. The molecule has 1 aliphatic carbocycles. The molecule has 1 saturated carbocycles. The number of ether oxygens (including phenoxy) is 1. The highest BCUT2D eigenvalue weighted by molar-refractivity contribution is 5.29. The third-order valence-corrected chi connectivity index (χ3v) is 3.53. The number of aryl methyl sites for hydroxylation is 1. The molecule has 0 atom stereocenters. The molecule has 1 heterocycles. The molecule has 0 amide bonds. The third-order valence-electron chi connectivity index (χ3n) is 3.53. The standard InChI is InChI=1S/C17H21N3O/c1-2-3-13-4-8-16(9-5-13)21-17-19-11-14(12-20-17)10-18-15-6-7-15/h4-5,8-9,11-12,15,18H,2-3,6-7,10H2,1H3. The lowest BCUT2D eigenvalue weighted by Crippen LogP contribution is -2.15. The Morgan fingerprint density at radius 1 is 1.10 bits per heavy atom. The van der Waals surface area contributed by atoms with Gasteiger partial charge in [0.1, 0.15) is 5.75 Å². The molecule has 1 fully saturated rings. The summed E-state index contributed by atoms with van der Waals surface area (Å²) in [5.41, 5.74) is 2.42. The average molecular weight is 283 g/mol. The summed E-state index contributed by atoms with van der Waals surface area (Å²) < 4.78 is 5.66. The van der Waals surface area contributed by atoms with Gasteiger partial charge >= 0.3 is 6.01 Å². The van der Waals surface area contributed by atoms with Crippen LogP contribution in [-0.4, -0.2) is 16.0 Å². The minimum atomic E-state index is 0.397. The quantitative estimate of drug-likeness (QED) is 0.845. The Bertz CT molecular complexity index is 562. The third kappa shape index (κ3) is 4.26. The Morgan fingerprint density at radius 3 is 2.43 bits per heavy atom. The Kier molecular flexibility index (Phi) is 4.46. The summed E-state index contributed by atoms with van der Waals surface area (Å²) in [4.78, 5) is 8.52. The smallest absolute Gasteiger partial charge is 0.321 e. The van der Waals surface area contributed by atoms with Crippen LogP contribution in [0.2, 0.25) is 0 Å². The molecule has 0 radical (unpaired) electrons. The summed E-state index contributed by atoms with van der Waals surface area (Å²) in [6.45, 7) is 3.01. The molecule has 3 rings (SSSR count). The van der Waals surface area contributed by atoms with Gasteiger partial charge in [-0.05, 0) is 37.0 Å². The summed E-state index contributed by atoms with van der Waals surface area (Å²) in [6, 6.07) is 9.21. The van der Waals surface area contributed by atoms with E-state index in [0.29, 0.717) is 12.1 Å². The number of rotatable bonds is 7. The molecule has 1 aromatic carbocycles. The minimum Gasteiger partial charge on any atom is -0.424 e. The fraction of sp³-hybridized carbons (Fsp3) is 0.412. The number of nitrogens with one attached hydrogen (secondary N) is 1. The van der Waals surface area contributed by atoms with Gasteiger partial charge in [-0.3, -0.25) is 0 Å². The van der Waals surface area contributed by atoms with Crippen molar-refractivity contribution < 1.29 is 4.74 Å². The summed E-state index contributed by atoms with van der Waals surface area (Å²) in [5, 5.41) is 3.44. The van der Waals surface area contributed by atoms with Crippen molar-refractivity contribution in [1.82, 2.24) is 15.3 Å². The van der Waals surface area contributed by atoms with Gasteiger partial charge in [-0.25, -0.2) is 9.97 Å². The van der Waals surface area contributed by atoms with Crippen molar-refractivity contribution in [2.24, 2.45) is 0 Å². The van der Waals surface area contributed by atoms with Crippen LogP contribution >= 0.6 is 0 Å². The van der Waals surface area contributed by atoms with E-state index in [2.05, 4.69) is 34.3 Å². The van der Waals surface area contributed by atoms with Crippen molar-refractivity contribution in [2.45, 2.75) is 45.2 Å². The zero-order valence-electron chi connectivity index (χ0n) is 12.4. The number of hydrogen-bond acceptors (Lipinski definition) is 4. The lowest BCUT2D eigenvalue weighted by atomic mass is 10.1. The molecule has 1 aliphatic rings. The van der Waals surface area contributed by atoms with Gasteiger partial charge in [0.25, 0.3) is 0 Å². The first-order valence-corrected chi connectivity index (χ1v) is 7.64. The van der Waals surface area contributed by atoms with Crippen molar-refractivity contribution in [1.29, 1.82) is 0 Å². The SMILES string of the molecule is CCCc1ccc(Oc2ncc(CNC3CC3)cn2)cc1. The molecule has 110 valence electrons. The second-order valence-electron chi connectivity index (χ2n) is 5.53. The number of benzene rings is 1. The fourth-order valence-electron chi connectivity index (χ4n) is 2.15. The second-order valence-corrected chi connectivity index (χ2v) is 5.53. The van der Waals surface area contributed by atoms with Crippen LogP contribution in [0.25, 0.3) is 0 Å². The van der Waals surface area contributed by atoms with Crippen LogP contribution in [0.15, 0.2) is 36.7 Å². The molecule has 0 bridgehead atoms. The summed E-state index contributed by atoms with van der Waals surface area (Å²) in [7, 11) is 0. The summed E-state index contributed by atoms with van der Waals surface area (Å²) in [6.07, 6.45) is 8.47. The normalized spacial score (nSPS) is 14.1. The zero-order valence-corrected chi connectivity index (χ0v) is 12.4. The zero-order chi connectivity index (χ0) is 14.5. The first kappa shape index (κ1) is 14.0. The predicted octanol–water partition coefficient (Wildman–Crippen LogP) is 3.47. The van der Waals surface area contributed by atoms with Gasteiger partial charge in [-0.15, -0.1) is 0 Å². The largest absolute Gasteiger partial charge is 0.424 e. The highest BCUT2D eigenvalue weighted by atomic mass is 16.5. The van der Waals surface area contributed by atoms with Crippen LogP contribution in [0, 0.1) is 0 Å². The molecule has 4 heteroatoms. The maximum absolute atomic E-state index is 5.66. The van der Waals surface area contributed by atoms with E-state index in [0.717, 1.165) is 30.7 Å². The Balaban J connectivity index is 1.56. The minimum absolute atomic E-state index is 0.397. The van der Waals surface area contributed by atoms with Crippen molar-refractivity contribution >= 4 is 0 Å². The Morgan fingerprint density at radius 2 is 1.81 bits per heavy atom. The molecular formula is C17H21N3O. The highest BCUT2D eigenvalue weighted by Crippen LogP contribution is 2.20. The molecule has 1 aromatic heterocycles. The van der Waals surface area contributed by atoms with Crippen LogP contribution in [0.1, 0.15) is 37.3 Å². The molecule has 4 nitrogen and oxygen atoms in total. The molecule has 2 aromatic rings. The average Bonchev–Trinajstić information content (AvgIpc) is 3.33. The maximum Gasteiger partial charge on any atom is 0.321 e. The van der Waals surface area contributed by atoms with E-state index in [1.54, 1.807) is 0 Å². The van der Waals surface area contributed by atoms with Crippen LogP contribution in [0.3, 0.4) is 0 Å². The Labute approximate surface area is 125 Å². The van der Waals surface area contributed by atoms with Gasteiger partial charge < -0.3 is 10.1 Å². The molecule has 0 aliphatic heterocycles. The number of aromatic nitrogens is 2. The van der Waals surface area contributed by atoms with Gasteiger partial charge in [0, 0.05) is 30.5 Å². The number of hydrogen-bond donors (Lipinski definition) is 1. The van der Waals surface area contributed by atoms with E-state index < -0.39 is 0 Å². The second kappa shape index (κ2) is 6.68. The lowest BCUT2D eigenvalue weighted by molar-refractivity contribution is 0.440. The van der Waals surface area contributed by atoms with Gasteiger partial charge in [0.2, 0.25) is 0 Å². The summed E-state index contributed by atoms with van der Waals surface area (Å²) >= 11 is 0. The van der Waals surface area contributed by atoms with E-state index in [1.807, 2.05) is 24.5 Å². The van der Waals surface area contributed by atoms with Crippen molar-refractivity contribution in [3.05, 3.63) is 47.8 Å². The predicted molar refractivity (Wildman–Crippen MR) is 82.4 cm³/mol. The molecule has 1 N–H and O–H groups in total. The molecule has 21 heavy (non-hydrogen) atoms. The fourth-order valence-corrected chi connectivity index (χ4v) is 2.15. The first-order chi connectivity index (χ1) is 10.3. The van der Waals surface area contributed by atoms with Crippen LogP contribution in [0.5, 0.6) is 11.8 Å². The number of nitrogens with zero attached hydrogens (tertiary/aromatic N) is 2. The van der Waals surface area contributed by atoms with E-state index in [-0.39, 0.29) is 0 Å². The van der Waals surface area contributed by atoms with E-state index in [4.69, 9.17) is 4.74 Å². The summed E-state index contributed by atoms with van der Waals surface area (Å²) in [5.74, 6) is 0.777. The topological polar surface area (TPSA) is 47.0 Å². The van der Waals surface area contributed by atoms with Gasteiger partial charge in [-0.2, -0.15) is 0 Å².